The Bertz CT molecular complexity index is 836. The molecule has 7 heteroatoms. The van der Waals surface area contributed by atoms with E-state index < -0.39 is 29.6 Å². The molecule has 1 atom stereocenters. The van der Waals surface area contributed by atoms with Crippen molar-refractivity contribution >= 4 is 23.4 Å². The van der Waals surface area contributed by atoms with Crippen molar-refractivity contribution in [2.24, 2.45) is 0 Å². The largest absolute Gasteiger partial charge is 0.287 e. The maximum Gasteiger partial charge on any atom is 0.265 e. The quantitative estimate of drug-likeness (QED) is 0.655. The van der Waals surface area contributed by atoms with E-state index in [1.807, 2.05) is 6.92 Å². The van der Waals surface area contributed by atoms with E-state index in [0.29, 0.717) is 5.56 Å². The number of hydrogen-bond donors (Lipinski definition) is 2. The first-order valence-corrected chi connectivity index (χ1v) is 7.71. The van der Waals surface area contributed by atoms with Crippen LogP contribution in [0.15, 0.2) is 48.5 Å². The second kappa shape index (κ2) is 6.82. The van der Waals surface area contributed by atoms with Crippen molar-refractivity contribution < 1.29 is 18.8 Å². The van der Waals surface area contributed by atoms with Gasteiger partial charge in [-0.3, -0.25) is 19.8 Å². The zero-order valence-electron chi connectivity index (χ0n) is 13.5. The summed E-state index contributed by atoms with van der Waals surface area (Å²) in [5.74, 6) is -2.23. The molecule has 2 N–H and O–H groups in total. The normalized spacial score (nSPS) is 17.0. The van der Waals surface area contributed by atoms with Crippen molar-refractivity contribution in [3.05, 3.63) is 65.5 Å². The molecule has 3 rings (SSSR count). The van der Waals surface area contributed by atoms with Gasteiger partial charge >= 0.3 is 0 Å². The highest BCUT2D eigenvalue weighted by atomic mass is 19.1. The SMILES string of the molecule is Cc1ccc(C(=O)NNC2CC(=O)N(c3ccccc3F)C2=O)cc1. The molecule has 128 valence electrons. The first-order valence-electron chi connectivity index (χ1n) is 7.71. The third-order valence-corrected chi connectivity index (χ3v) is 3.91. The summed E-state index contributed by atoms with van der Waals surface area (Å²) in [6, 6.07) is 11.5. The predicted molar refractivity (Wildman–Crippen MR) is 89.1 cm³/mol. The van der Waals surface area contributed by atoms with E-state index in [9.17, 15) is 18.8 Å². The summed E-state index contributed by atoms with van der Waals surface area (Å²) in [5.41, 5.74) is 6.32. The Morgan fingerprint density at radius 3 is 2.48 bits per heavy atom. The maximum atomic E-state index is 13.8. The van der Waals surface area contributed by atoms with Crippen LogP contribution in [0.25, 0.3) is 0 Å². The highest BCUT2D eigenvalue weighted by molar-refractivity contribution is 6.22. The molecule has 0 bridgehead atoms. The number of amides is 3. The molecule has 25 heavy (non-hydrogen) atoms. The molecule has 0 aliphatic carbocycles. The summed E-state index contributed by atoms with van der Waals surface area (Å²) < 4.78 is 13.8. The summed E-state index contributed by atoms with van der Waals surface area (Å²) >= 11 is 0. The molecular weight excluding hydrogens is 325 g/mol. The van der Waals surface area contributed by atoms with Gasteiger partial charge in [0.1, 0.15) is 11.9 Å². The number of para-hydroxylation sites is 1. The van der Waals surface area contributed by atoms with Gasteiger partial charge in [0, 0.05) is 5.56 Å². The molecule has 1 aliphatic rings. The summed E-state index contributed by atoms with van der Waals surface area (Å²) in [7, 11) is 0. The Morgan fingerprint density at radius 1 is 1.12 bits per heavy atom. The number of aryl methyl sites for hydroxylation is 1. The number of nitrogens with one attached hydrogen (secondary N) is 2. The number of hydrazine groups is 1. The summed E-state index contributed by atoms with van der Waals surface area (Å²) in [6.45, 7) is 1.90. The van der Waals surface area contributed by atoms with Gasteiger partial charge in [-0.1, -0.05) is 29.8 Å². The fraction of sp³-hybridized carbons (Fsp3) is 0.167. The first-order chi connectivity index (χ1) is 12.0. The molecule has 2 aromatic rings. The molecule has 0 spiro atoms. The number of nitrogens with zero attached hydrogens (tertiary/aromatic N) is 1. The molecule has 2 aromatic carbocycles. The molecule has 1 unspecified atom stereocenters. The van der Waals surface area contributed by atoms with Crippen LogP contribution in [0.1, 0.15) is 22.3 Å². The summed E-state index contributed by atoms with van der Waals surface area (Å²) in [4.78, 5) is 37.3. The Hall–Kier alpha value is -3.06. The summed E-state index contributed by atoms with van der Waals surface area (Å²) in [6.07, 6.45) is -0.165. The van der Waals surface area contributed by atoms with Gasteiger partial charge in [-0.2, -0.15) is 0 Å². The van der Waals surface area contributed by atoms with E-state index in [2.05, 4.69) is 10.9 Å². The highest BCUT2D eigenvalue weighted by Gasteiger charge is 2.40. The molecule has 1 aliphatic heterocycles. The fourth-order valence-corrected chi connectivity index (χ4v) is 2.56. The van der Waals surface area contributed by atoms with Crippen LogP contribution in [0.2, 0.25) is 0 Å². The van der Waals surface area contributed by atoms with E-state index in [4.69, 9.17) is 0 Å². The number of hydrogen-bond acceptors (Lipinski definition) is 4. The third-order valence-electron chi connectivity index (χ3n) is 3.91. The van der Waals surface area contributed by atoms with Crippen LogP contribution in [-0.2, 0) is 9.59 Å². The molecule has 1 saturated heterocycles. The molecule has 1 heterocycles. The van der Waals surface area contributed by atoms with Gasteiger partial charge in [-0.15, -0.1) is 0 Å². The Morgan fingerprint density at radius 2 is 1.80 bits per heavy atom. The van der Waals surface area contributed by atoms with E-state index in [0.717, 1.165) is 10.5 Å². The Kier molecular flexibility index (Phi) is 4.58. The molecule has 0 saturated carbocycles. The number of benzene rings is 2. The van der Waals surface area contributed by atoms with E-state index in [1.54, 1.807) is 30.3 Å². The molecular formula is C18H16FN3O3. The van der Waals surface area contributed by atoms with E-state index in [-0.39, 0.29) is 12.1 Å². The zero-order chi connectivity index (χ0) is 18.0. The molecule has 0 aromatic heterocycles. The molecule has 3 amide bonds. The van der Waals surface area contributed by atoms with Gasteiger partial charge in [0.15, 0.2) is 0 Å². The minimum absolute atomic E-state index is 0.0911. The van der Waals surface area contributed by atoms with Crippen LogP contribution in [0.5, 0.6) is 0 Å². The van der Waals surface area contributed by atoms with Crippen LogP contribution in [0, 0.1) is 12.7 Å². The lowest BCUT2D eigenvalue weighted by molar-refractivity contribution is -0.121. The number of imide groups is 1. The Balaban J connectivity index is 1.67. The van der Waals surface area contributed by atoms with Gasteiger partial charge in [0.2, 0.25) is 5.91 Å². The average Bonchev–Trinajstić information content (AvgIpc) is 2.88. The topological polar surface area (TPSA) is 78.5 Å². The zero-order valence-corrected chi connectivity index (χ0v) is 13.5. The fourth-order valence-electron chi connectivity index (χ4n) is 2.56. The molecule has 1 fully saturated rings. The van der Waals surface area contributed by atoms with Gasteiger partial charge in [0.05, 0.1) is 12.1 Å². The second-order valence-corrected chi connectivity index (χ2v) is 5.74. The smallest absolute Gasteiger partial charge is 0.265 e. The molecule has 6 nitrogen and oxygen atoms in total. The highest BCUT2D eigenvalue weighted by Crippen LogP contribution is 2.25. The van der Waals surface area contributed by atoms with Crippen molar-refractivity contribution in [2.75, 3.05) is 4.90 Å². The first kappa shape index (κ1) is 16.8. The molecule has 0 radical (unpaired) electrons. The van der Waals surface area contributed by atoms with Gasteiger partial charge in [-0.25, -0.2) is 14.7 Å². The Labute approximate surface area is 143 Å². The number of carbonyl (C=O) groups is 3. The number of carbonyl (C=O) groups excluding carboxylic acids is 3. The number of anilines is 1. The van der Waals surface area contributed by atoms with E-state index >= 15 is 0 Å². The minimum atomic E-state index is -0.943. The van der Waals surface area contributed by atoms with Crippen LogP contribution < -0.4 is 15.8 Å². The van der Waals surface area contributed by atoms with Crippen LogP contribution in [0.4, 0.5) is 10.1 Å². The monoisotopic (exact) mass is 341 g/mol. The lowest BCUT2D eigenvalue weighted by Gasteiger charge is -2.16. The van der Waals surface area contributed by atoms with Crippen LogP contribution in [0.3, 0.4) is 0 Å². The summed E-state index contributed by atoms with van der Waals surface area (Å²) in [5, 5.41) is 0. The van der Waals surface area contributed by atoms with Crippen molar-refractivity contribution in [3.8, 4) is 0 Å². The maximum absolute atomic E-state index is 13.8. The lowest BCUT2D eigenvalue weighted by Crippen LogP contribution is -2.48. The van der Waals surface area contributed by atoms with E-state index in [1.165, 1.54) is 18.2 Å². The lowest BCUT2D eigenvalue weighted by atomic mass is 10.1. The number of halogens is 1. The third kappa shape index (κ3) is 3.41. The predicted octanol–water partition coefficient (Wildman–Crippen LogP) is 1.70. The minimum Gasteiger partial charge on any atom is -0.287 e. The van der Waals surface area contributed by atoms with Gasteiger partial charge in [-0.05, 0) is 31.2 Å². The van der Waals surface area contributed by atoms with Crippen LogP contribution >= 0.6 is 0 Å². The standard InChI is InChI=1S/C18H16FN3O3/c1-11-6-8-12(9-7-11)17(24)21-20-14-10-16(23)22(18(14)25)15-5-3-2-4-13(15)19/h2-9,14,20H,10H2,1H3,(H,21,24). The van der Waals surface area contributed by atoms with Gasteiger partial charge < -0.3 is 0 Å². The van der Waals surface area contributed by atoms with Crippen molar-refractivity contribution in [1.82, 2.24) is 10.9 Å². The second-order valence-electron chi connectivity index (χ2n) is 5.74. The van der Waals surface area contributed by atoms with Crippen molar-refractivity contribution in [2.45, 2.75) is 19.4 Å². The average molecular weight is 341 g/mol. The number of rotatable bonds is 4. The van der Waals surface area contributed by atoms with Gasteiger partial charge in [0.25, 0.3) is 11.8 Å². The van der Waals surface area contributed by atoms with Crippen LogP contribution in [-0.4, -0.2) is 23.8 Å². The van der Waals surface area contributed by atoms with Crippen molar-refractivity contribution in [1.29, 1.82) is 0 Å². The van der Waals surface area contributed by atoms with Crippen molar-refractivity contribution in [3.63, 3.8) is 0 Å².